The molecule has 0 amide bonds. The Hall–Kier alpha value is -3.34. The maximum Gasteiger partial charge on any atom is 0.416 e. The van der Waals surface area contributed by atoms with Gasteiger partial charge in [-0.3, -0.25) is 4.31 Å². The lowest BCUT2D eigenvalue weighted by Gasteiger charge is -2.31. The molecule has 11 heteroatoms. The molecule has 0 spiro atoms. The highest BCUT2D eigenvalue weighted by Gasteiger charge is 2.35. The number of ether oxygens (including phenoxy) is 1. The predicted molar refractivity (Wildman–Crippen MR) is 113 cm³/mol. The fraction of sp³-hybridized carbons (Fsp3) is 0.238. The molecular formula is C21H19F3N4O3S. The predicted octanol–water partition coefficient (Wildman–Crippen LogP) is 3.82. The number of benzene rings is 2. The summed E-state index contributed by atoms with van der Waals surface area (Å²) in [6, 6.07) is 10.3. The van der Waals surface area contributed by atoms with E-state index in [1.54, 1.807) is 35.4 Å². The van der Waals surface area contributed by atoms with Crippen molar-refractivity contribution in [3.63, 3.8) is 0 Å². The van der Waals surface area contributed by atoms with E-state index in [-0.39, 0.29) is 18.8 Å². The van der Waals surface area contributed by atoms with E-state index in [2.05, 4.69) is 9.97 Å². The van der Waals surface area contributed by atoms with Gasteiger partial charge >= 0.3 is 6.18 Å². The largest absolute Gasteiger partial charge is 0.489 e. The maximum absolute atomic E-state index is 13.3. The molecule has 0 N–H and O–H groups in total. The van der Waals surface area contributed by atoms with Crippen molar-refractivity contribution in [1.29, 1.82) is 0 Å². The number of alkyl halides is 3. The molecule has 32 heavy (non-hydrogen) atoms. The summed E-state index contributed by atoms with van der Waals surface area (Å²) in [5.74, 6) is 1.35. The number of fused-ring (bicyclic) bond motifs is 1. The van der Waals surface area contributed by atoms with E-state index in [0.717, 1.165) is 22.5 Å². The van der Waals surface area contributed by atoms with E-state index in [9.17, 15) is 21.6 Å². The molecule has 0 aliphatic carbocycles. The average Bonchev–Trinajstić information content (AvgIpc) is 2.78. The van der Waals surface area contributed by atoms with Crippen LogP contribution in [0.4, 0.5) is 24.7 Å². The van der Waals surface area contributed by atoms with Crippen LogP contribution in [0.3, 0.4) is 0 Å². The molecule has 0 saturated carbocycles. The molecule has 0 saturated heterocycles. The first kappa shape index (κ1) is 21.9. The highest BCUT2D eigenvalue weighted by Crippen LogP contribution is 2.39. The van der Waals surface area contributed by atoms with Gasteiger partial charge in [-0.25, -0.2) is 18.4 Å². The summed E-state index contributed by atoms with van der Waals surface area (Å²) in [5.41, 5.74) is -0.276. The summed E-state index contributed by atoms with van der Waals surface area (Å²) in [5, 5.41) is 0. The molecule has 1 aliphatic rings. The Morgan fingerprint density at radius 2 is 1.88 bits per heavy atom. The van der Waals surface area contributed by atoms with Gasteiger partial charge in [-0.05, 0) is 42.5 Å². The number of hydrogen-bond donors (Lipinski definition) is 0. The molecular weight excluding hydrogens is 445 g/mol. The van der Waals surface area contributed by atoms with Gasteiger partial charge in [0.25, 0.3) is 10.0 Å². The summed E-state index contributed by atoms with van der Waals surface area (Å²) >= 11 is 0. The maximum atomic E-state index is 13.3. The molecule has 0 bridgehead atoms. The Bertz CT molecular complexity index is 1260. The van der Waals surface area contributed by atoms with E-state index in [1.807, 2.05) is 14.1 Å². The van der Waals surface area contributed by atoms with Crippen molar-refractivity contribution < 1.29 is 26.3 Å². The molecule has 2 aromatic carbocycles. The van der Waals surface area contributed by atoms with Crippen molar-refractivity contribution in [2.24, 2.45) is 0 Å². The van der Waals surface area contributed by atoms with Crippen LogP contribution in [0, 0.1) is 0 Å². The Morgan fingerprint density at radius 3 is 2.59 bits per heavy atom. The van der Waals surface area contributed by atoms with Gasteiger partial charge in [-0.1, -0.05) is 6.07 Å². The quantitative estimate of drug-likeness (QED) is 0.585. The number of anilines is 2. The van der Waals surface area contributed by atoms with E-state index in [4.69, 9.17) is 4.74 Å². The molecule has 1 aromatic heterocycles. The third-order valence-electron chi connectivity index (χ3n) is 4.89. The zero-order valence-corrected chi connectivity index (χ0v) is 18.0. The Labute approximate surface area is 183 Å². The second-order valence-corrected chi connectivity index (χ2v) is 9.13. The second-order valence-electron chi connectivity index (χ2n) is 7.27. The van der Waals surface area contributed by atoms with Gasteiger partial charge in [0.15, 0.2) is 5.82 Å². The average molecular weight is 464 g/mol. The summed E-state index contributed by atoms with van der Waals surface area (Å²) in [7, 11) is -0.615. The topological polar surface area (TPSA) is 75.6 Å². The van der Waals surface area contributed by atoms with E-state index in [1.165, 1.54) is 0 Å². The van der Waals surface area contributed by atoms with Crippen LogP contribution in [-0.2, 0) is 16.2 Å². The Balaban J connectivity index is 1.78. The Morgan fingerprint density at radius 1 is 1.09 bits per heavy atom. The zero-order valence-electron chi connectivity index (χ0n) is 17.2. The van der Waals surface area contributed by atoms with E-state index < -0.39 is 26.7 Å². The van der Waals surface area contributed by atoms with Gasteiger partial charge < -0.3 is 9.64 Å². The van der Waals surface area contributed by atoms with Gasteiger partial charge in [-0.2, -0.15) is 13.2 Å². The van der Waals surface area contributed by atoms with Crippen LogP contribution in [0.25, 0.3) is 11.4 Å². The third-order valence-corrected chi connectivity index (χ3v) is 6.70. The second kappa shape index (κ2) is 7.97. The molecule has 0 atom stereocenters. The lowest BCUT2D eigenvalue weighted by molar-refractivity contribution is -0.137. The fourth-order valence-electron chi connectivity index (χ4n) is 3.28. The van der Waals surface area contributed by atoms with Crippen LogP contribution in [0.2, 0.25) is 0 Å². The van der Waals surface area contributed by atoms with Crippen molar-refractivity contribution in [1.82, 2.24) is 9.97 Å². The molecule has 0 radical (unpaired) electrons. The molecule has 2 heterocycles. The minimum atomic E-state index is -4.66. The minimum Gasteiger partial charge on any atom is -0.489 e. The van der Waals surface area contributed by atoms with E-state index in [0.29, 0.717) is 29.0 Å². The zero-order chi connectivity index (χ0) is 23.1. The van der Waals surface area contributed by atoms with Crippen LogP contribution in [0.15, 0.2) is 59.6 Å². The molecule has 7 nitrogen and oxygen atoms in total. The first-order chi connectivity index (χ1) is 15.1. The first-order valence-electron chi connectivity index (χ1n) is 9.55. The van der Waals surface area contributed by atoms with Crippen LogP contribution >= 0.6 is 0 Å². The molecule has 4 rings (SSSR count). The number of aromatic nitrogens is 2. The van der Waals surface area contributed by atoms with Crippen molar-refractivity contribution in [3.05, 3.63) is 60.3 Å². The molecule has 1 aliphatic heterocycles. The first-order valence-corrected chi connectivity index (χ1v) is 11.0. The summed E-state index contributed by atoms with van der Waals surface area (Å²) < 4.78 is 72.6. The third kappa shape index (κ3) is 4.07. The lowest BCUT2D eigenvalue weighted by Crippen LogP contribution is -2.38. The smallest absolute Gasteiger partial charge is 0.416 e. The van der Waals surface area contributed by atoms with Gasteiger partial charge in [0, 0.05) is 25.9 Å². The van der Waals surface area contributed by atoms with Gasteiger partial charge in [0.1, 0.15) is 18.2 Å². The van der Waals surface area contributed by atoms with Gasteiger partial charge in [0.2, 0.25) is 0 Å². The monoisotopic (exact) mass is 464 g/mol. The van der Waals surface area contributed by atoms with Crippen molar-refractivity contribution in [2.45, 2.75) is 11.1 Å². The fourth-order valence-corrected chi connectivity index (χ4v) is 4.78. The Kier molecular flexibility index (Phi) is 5.45. The van der Waals surface area contributed by atoms with E-state index >= 15 is 0 Å². The number of nitrogens with zero attached hydrogens (tertiary/aromatic N) is 4. The van der Waals surface area contributed by atoms with Crippen LogP contribution in [0.1, 0.15) is 5.56 Å². The highest BCUT2D eigenvalue weighted by atomic mass is 32.2. The minimum absolute atomic E-state index is 0.0480. The normalized spacial score (nSPS) is 14.0. The lowest BCUT2D eigenvalue weighted by atomic mass is 10.1. The molecule has 0 fully saturated rings. The van der Waals surface area contributed by atoms with Crippen LogP contribution in [0.5, 0.6) is 5.75 Å². The molecule has 168 valence electrons. The summed E-state index contributed by atoms with van der Waals surface area (Å²) in [6.07, 6.45) is -3.07. The number of sulfonamides is 1. The standard InChI is InChI=1S/C21H19F3N4O3S/c1-27(2)19-8-9-25-20(26-19)14-6-7-18-17(12-14)28(10-11-31-18)32(29,30)16-5-3-4-15(13-16)21(22,23)24/h3-9,12-13H,10-11H2,1-2H3. The van der Waals surface area contributed by atoms with Crippen LogP contribution < -0.4 is 13.9 Å². The number of hydrogen-bond acceptors (Lipinski definition) is 6. The van der Waals surface area contributed by atoms with Crippen molar-refractivity contribution in [2.75, 3.05) is 36.5 Å². The SMILES string of the molecule is CN(C)c1ccnc(-c2ccc3c(c2)N(S(=O)(=O)c2cccc(C(F)(F)F)c2)CCO3)n1. The summed E-state index contributed by atoms with van der Waals surface area (Å²) in [4.78, 5) is 10.1. The summed E-state index contributed by atoms with van der Waals surface area (Å²) in [6.45, 7) is 0.0186. The van der Waals surface area contributed by atoms with Crippen molar-refractivity contribution in [3.8, 4) is 17.1 Å². The van der Waals surface area contributed by atoms with Crippen molar-refractivity contribution >= 4 is 21.5 Å². The molecule has 0 unspecified atom stereocenters. The molecule has 3 aromatic rings. The van der Waals surface area contributed by atoms with Gasteiger partial charge in [0.05, 0.1) is 22.7 Å². The number of halogens is 3. The number of rotatable bonds is 4. The van der Waals surface area contributed by atoms with Crippen LogP contribution in [-0.4, -0.2) is 45.6 Å². The van der Waals surface area contributed by atoms with Gasteiger partial charge in [-0.15, -0.1) is 0 Å². The highest BCUT2D eigenvalue weighted by molar-refractivity contribution is 7.92.